The summed E-state index contributed by atoms with van der Waals surface area (Å²) in [5.41, 5.74) is 12.6. The predicted molar refractivity (Wildman–Crippen MR) is 278 cm³/mol. The van der Waals surface area contributed by atoms with Crippen LogP contribution in [-0.4, -0.2) is 22.2 Å². The van der Waals surface area contributed by atoms with Crippen molar-refractivity contribution in [1.29, 1.82) is 0 Å². The fraction of sp³-hybridized carbons (Fsp3) is 0.0328. The third-order valence-electron chi connectivity index (χ3n) is 13.2. The maximum Gasteiger partial charge on any atom is 0.179 e. The number of para-hydroxylation sites is 3. The van der Waals surface area contributed by atoms with Gasteiger partial charge in [-0.15, -0.1) is 0 Å². The van der Waals surface area contributed by atoms with Crippen LogP contribution in [0.15, 0.2) is 249 Å². The number of pyridine rings is 1. The summed E-state index contributed by atoms with van der Waals surface area (Å²) in [7, 11) is -2.83. The summed E-state index contributed by atoms with van der Waals surface area (Å²) in [6.07, 6.45) is 3.00. The number of hydrogen-bond acceptors (Lipinski definition) is 1. The average molecular weight is 850 g/mol. The second kappa shape index (κ2) is 16.6. The molecule has 0 saturated heterocycles. The van der Waals surface area contributed by atoms with Crippen LogP contribution in [0.1, 0.15) is 18.6 Å². The molecule has 0 spiro atoms. The molecule has 1 aliphatic rings. The summed E-state index contributed by atoms with van der Waals surface area (Å²) in [6.45, 7) is 0. The van der Waals surface area contributed by atoms with Crippen LogP contribution in [0.5, 0.6) is 0 Å². The summed E-state index contributed by atoms with van der Waals surface area (Å²) in [6, 6.07) is 88.5. The first-order chi connectivity index (χ1) is 31.8. The molecular formula is C61H47N3Si. The monoisotopic (exact) mass is 849 g/mol. The molecule has 0 fully saturated rings. The average Bonchev–Trinajstić information content (AvgIpc) is 4.04. The first-order valence-corrected chi connectivity index (χ1v) is 24.1. The van der Waals surface area contributed by atoms with Crippen LogP contribution in [0.2, 0.25) is 0 Å². The van der Waals surface area contributed by atoms with E-state index in [4.69, 9.17) is 4.98 Å². The Bertz CT molecular complexity index is 3490. The highest BCUT2D eigenvalue weighted by molar-refractivity contribution is 7.20. The van der Waals surface area contributed by atoms with Crippen molar-refractivity contribution < 1.29 is 0 Å². The Morgan fingerprint density at radius 3 is 1.38 bits per heavy atom. The fourth-order valence-electron chi connectivity index (χ4n) is 10.4. The standard InChI is InChI=1S/C47H33N3Si.C13H10.CH4/c1-4-15-34(16-5-1)50-46-31-30-39(33-43(46)42-23-14-32-48-47(42)50)51(36-17-6-2-7-18-36,37-19-8-3-9-20-37)38-28-26-35(27-29-38)49-44-24-12-10-21-40(44)41-22-11-13-25-45(41)49;1-3-7-12-10(5-1)9-11-6-2-4-8-13(11)12;/h1-33H;1-8H,9H2;1H4. The molecule has 3 heterocycles. The van der Waals surface area contributed by atoms with Crippen molar-refractivity contribution >= 4 is 72.6 Å². The Kier molecular flexibility index (Phi) is 10.1. The van der Waals surface area contributed by atoms with Crippen LogP contribution >= 0.6 is 0 Å². The predicted octanol–water partition coefficient (Wildman–Crippen LogP) is 12.5. The van der Waals surface area contributed by atoms with E-state index in [0.717, 1.165) is 34.3 Å². The molecule has 0 saturated carbocycles. The van der Waals surface area contributed by atoms with Gasteiger partial charge in [-0.3, -0.25) is 4.57 Å². The van der Waals surface area contributed by atoms with E-state index in [1.54, 1.807) is 0 Å². The number of rotatable bonds is 6. The van der Waals surface area contributed by atoms with Crippen molar-refractivity contribution in [2.45, 2.75) is 13.8 Å². The molecule has 0 unspecified atom stereocenters. The second-order valence-electron chi connectivity index (χ2n) is 16.7. The third-order valence-corrected chi connectivity index (χ3v) is 18.0. The molecule has 13 rings (SSSR count). The van der Waals surface area contributed by atoms with Gasteiger partial charge in [0.15, 0.2) is 8.07 Å². The number of aromatic nitrogens is 3. The van der Waals surface area contributed by atoms with Crippen LogP contribution in [0, 0.1) is 0 Å². The first kappa shape index (κ1) is 39.8. The molecule has 310 valence electrons. The van der Waals surface area contributed by atoms with Gasteiger partial charge in [-0.25, -0.2) is 4.98 Å². The van der Waals surface area contributed by atoms with E-state index < -0.39 is 8.07 Å². The Balaban J connectivity index is 0.000000286. The summed E-state index contributed by atoms with van der Waals surface area (Å²) < 4.78 is 4.70. The molecule has 0 aliphatic heterocycles. The Hall–Kier alpha value is -8.05. The van der Waals surface area contributed by atoms with Crippen molar-refractivity contribution in [3.8, 4) is 22.5 Å². The Morgan fingerprint density at radius 1 is 0.338 bits per heavy atom. The van der Waals surface area contributed by atoms with Gasteiger partial charge in [0, 0.05) is 39.1 Å². The van der Waals surface area contributed by atoms with E-state index in [-0.39, 0.29) is 7.43 Å². The minimum Gasteiger partial charge on any atom is -0.309 e. The Morgan fingerprint density at radius 2 is 0.785 bits per heavy atom. The largest absolute Gasteiger partial charge is 0.309 e. The normalized spacial score (nSPS) is 11.8. The topological polar surface area (TPSA) is 22.8 Å². The van der Waals surface area contributed by atoms with Gasteiger partial charge in [0.05, 0.1) is 16.6 Å². The van der Waals surface area contributed by atoms with Crippen molar-refractivity contribution in [1.82, 2.24) is 14.1 Å². The van der Waals surface area contributed by atoms with Gasteiger partial charge in [0.25, 0.3) is 0 Å². The van der Waals surface area contributed by atoms with Gasteiger partial charge in [0.1, 0.15) is 5.65 Å². The summed E-state index contributed by atoms with van der Waals surface area (Å²) >= 11 is 0. The van der Waals surface area contributed by atoms with Crippen LogP contribution in [0.4, 0.5) is 0 Å². The summed E-state index contributed by atoms with van der Waals surface area (Å²) in [5.74, 6) is 0. The summed E-state index contributed by atoms with van der Waals surface area (Å²) in [5, 5.41) is 10.3. The van der Waals surface area contributed by atoms with Gasteiger partial charge in [-0.05, 0) is 104 Å². The maximum atomic E-state index is 4.91. The van der Waals surface area contributed by atoms with Crippen LogP contribution in [-0.2, 0) is 6.42 Å². The van der Waals surface area contributed by atoms with E-state index in [1.807, 2.05) is 6.20 Å². The first-order valence-electron chi connectivity index (χ1n) is 22.1. The molecule has 3 aromatic heterocycles. The van der Waals surface area contributed by atoms with Gasteiger partial charge in [-0.1, -0.05) is 195 Å². The highest BCUT2D eigenvalue weighted by Gasteiger charge is 2.42. The second-order valence-corrected chi connectivity index (χ2v) is 20.5. The van der Waals surface area contributed by atoms with Crippen LogP contribution < -0.4 is 20.7 Å². The van der Waals surface area contributed by atoms with Crippen molar-refractivity contribution in [2.75, 3.05) is 0 Å². The van der Waals surface area contributed by atoms with Crippen LogP contribution in [0.25, 0.3) is 66.2 Å². The molecule has 0 bridgehead atoms. The lowest BCUT2D eigenvalue weighted by Gasteiger charge is -2.34. The maximum absolute atomic E-state index is 4.91. The lowest BCUT2D eigenvalue weighted by Crippen LogP contribution is -2.74. The van der Waals surface area contributed by atoms with Crippen molar-refractivity contribution in [2.24, 2.45) is 0 Å². The van der Waals surface area contributed by atoms with E-state index >= 15 is 0 Å². The quantitative estimate of drug-likeness (QED) is 0.121. The Labute approximate surface area is 381 Å². The van der Waals surface area contributed by atoms with Crippen LogP contribution in [0.3, 0.4) is 0 Å². The number of hydrogen-bond donors (Lipinski definition) is 0. The zero-order valence-corrected chi connectivity index (χ0v) is 36.2. The molecule has 0 N–H and O–H groups in total. The smallest absolute Gasteiger partial charge is 0.179 e. The molecule has 1 aliphatic carbocycles. The molecule has 65 heavy (non-hydrogen) atoms. The fourth-order valence-corrected chi connectivity index (χ4v) is 15.2. The molecule has 0 amide bonds. The van der Waals surface area contributed by atoms with Gasteiger partial charge < -0.3 is 4.57 Å². The van der Waals surface area contributed by atoms with Crippen molar-refractivity contribution in [3.63, 3.8) is 0 Å². The number of fused-ring (bicyclic) bond motifs is 9. The zero-order valence-electron chi connectivity index (χ0n) is 35.2. The minimum absolute atomic E-state index is 0. The molecule has 0 atom stereocenters. The number of nitrogens with zero attached hydrogens (tertiary/aromatic N) is 3. The molecular weight excluding hydrogens is 803 g/mol. The zero-order chi connectivity index (χ0) is 42.5. The lowest BCUT2D eigenvalue weighted by molar-refractivity contribution is 1.14. The van der Waals surface area contributed by atoms with Gasteiger partial charge in [-0.2, -0.15) is 0 Å². The summed E-state index contributed by atoms with van der Waals surface area (Å²) in [4.78, 5) is 4.91. The number of benzene rings is 9. The highest BCUT2D eigenvalue weighted by atomic mass is 28.3. The molecule has 4 heteroatoms. The molecule has 0 radical (unpaired) electrons. The molecule has 3 nitrogen and oxygen atoms in total. The molecule has 9 aromatic carbocycles. The molecule has 12 aromatic rings. The van der Waals surface area contributed by atoms with Crippen molar-refractivity contribution in [3.05, 3.63) is 260 Å². The third kappa shape index (κ3) is 6.53. The van der Waals surface area contributed by atoms with E-state index in [0.29, 0.717) is 0 Å². The van der Waals surface area contributed by atoms with Gasteiger partial charge >= 0.3 is 0 Å². The van der Waals surface area contributed by atoms with E-state index in [9.17, 15) is 0 Å². The minimum atomic E-state index is -2.83. The van der Waals surface area contributed by atoms with E-state index in [1.165, 1.54) is 70.2 Å². The highest BCUT2D eigenvalue weighted by Crippen LogP contribution is 2.36. The lowest BCUT2D eigenvalue weighted by atomic mass is 10.1. The SMILES string of the molecule is C.c1ccc(-n2c3ccc([Si](c4ccccc4)(c4ccccc4)c4ccc(-n5c6ccccc6c6ccccc65)cc4)cc3c3cccnc32)cc1.c1ccc2c(c1)Cc1ccccc1-2. The van der Waals surface area contributed by atoms with E-state index in [2.05, 4.69) is 252 Å². The van der Waals surface area contributed by atoms with Gasteiger partial charge in [0.2, 0.25) is 0 Å².